The molecule has 0 radical (unpaired) electrons. The minimum absolute atomic E-state index is 0.0193. The smallest absolute Gasteiger partial charge is 0.318 e. The molecule has 1 aliphatic heterocycles. The van der Waals surface area contributed by atoms with Crippen molar-refractivity contribution in [3.05, 3.63) is 59.2 Å². The standard InChI is InChI=1S/C25H25FN6O/c1-2-14-6-8-16(26)11-19(14)15-7-9-18-20(10-15)30-31-23(18)24-28-21-12-32(13-22(21)29-24)25(33)27-17-4-3-5-17/h6-11,17H,2-5,12-13H2,1H3,(H,27,33)(H,28,29)(H,30,31). The molecule has 3 N–H and O–H groups in total. The third-order valence-corrected chi connectivity index (χ3v) is 6.82. The summed E-state index contributed by atoms with van der Waals surface area (Å²) in [4.78, 5) is 22.3. The molecular formula is C25H25FN6O. The molecule has 3 heterocycles. The quantitative estimate of drug-likeness (QED) is 0.418. The lowest BCUT2D eigenvalue weighted by Crippen LogP contribution is -2.45. The van der Waals surface area contributed by atoms with Crippen molar-refractivity contribution < 1.29 is 9.18 Å². The normalized spacial score (nSPS) is 15.6. The lowest BCUT2D eigenvalue weighted by atomic mass is 9.93. The molecule has 7 nitrogen and oxygen atoms in total. The van der Waals surface area contributed by atoms with Crippen molar-refractivity contribution in [2.24, 2.45) is 0 Å². The second-order valence-electron chi connectivity index (χ2n) is 8.93. The topological polar surface area (TPSA) is 89.7 Å². The second kappa shape index (κ2) is 7.72. The lowest BCUT2D eigenvalue weighted by molar-refractivity contribution is 0.186. The molecule has 2 aliphatic rings. The largest absolute Gasteiger partial charge is 0.339 e. The Hall–Kier alpha value is -3.68. The van der Waals surface area contributed by atoms with Gasteiger partial charge in [-0.15, -0.1) is 0 Å². The van der Waals surface area contributed by atoms with Crippen LogP contribution in [0, 0.1) is 5.82 Å². The number of nitrogens with one attached hydrogen (secondary N) is 3. The highest BCUT2D eigenvalue weighted by atomic mass is 19.1. The highest BCUT2D eigenvalue weighted by Gasteiger charge is 2.30. The molecular weight excluding hydrogens is 419 g/mol. The molecule has 0 bridgehead atoms. The van der Waals surface area contributed by atoms with Crippen LogP contribution in [0.5, 0.6) is 0 Å². The second-order valence-corrected chi connectivity index (χ2v) is 8.93. The number of H-pyrrole nitrogens is 2. The van der Waals surface area contributed by atoms with Gasteiger partial charge < -0.3 is 15.2 Å². The Morgan fingerprint density at radius 2 is 2.09 bits per heavy atom. The maximum Gasteiger partial charge on any atom is 0.318 e. The Labute approximate surface area is 190 Å². The van der Waals surface area contributed by atoms with Gasteiger partial charge in [-0.3, -0.25) is 5.10 Å². The van der Waals surface area contributed by atoms with E-state index in [1.807, 2.05) is 24.3 Å². The van der Waals surface area contributed by atoms with Gasteiger partial charge >= 0.3 is 6.03 Å². The summed E-state index contributed by atoms with van der Waals surface area (Å²) >= 11 is 0. The van der Waals surface area contributed by atoms with Gasteiger partial charge in [-0.05, 0) is 66.6 Å². The van der Waals surface area contributed by atoms with Gasteiger partial charge in [-0.2, -0.15) is 5.10 Å². The fourth-order valence-corrected chi connectivity index (χ4v) is 4.70. The van der Waals surface area contributed by atoms with Gasteiger partial charge in [0, 0.05) is 11.4 Å². The van der Waals surface area contributed by atoms with Gasteiger partial charge in [0.25, 0.3) is 0 Å². The van der Waals surface area contributed by atoms with Gasteiger partial charge in [0.1, 0.15) is 11.5 Å². The Balaban J connectivity index is 1.26. The van der Waals surface area contributed by atoms with Crippen LogP contribution in [0.4, 0.5) is 9.18 Å². The number of rotatable bonds is 4. The number of hydrogen-bond acceptors (Lipinski definition) is 3. The lowest BCUT2D eigenvalue weighted by Gasteiger charge is -2.28. The number of benzene rings is 2. The van der Waals surface area contributed by atoms with Crippen LogP contribution < -0.4 is 5.32 Å². The molecule has 1 aliphatic carbocycles. The van der Waals surface area contributed by atoms with Crippen LogP contribution in [0.1, 0.15) is 43.1 Å². The summed E-state index contributed by atoms with van der Waals surface area (Å²) in [6, 6.07) is 11.2. The number of urea groups is 1. The molecule has 168 valence electrons. The van der Waals surface area contributed by atoms with Crippen LogP contribution in [0.2, 0.25) is 0 Å². The van der Waals surface area contributed by atoms with Gasteiger partial charge in [-0.1, -0.05) is 19.1 Å². The SMILES string of the molecule is CCc1ccc(F)cc1-c1ccc2c(-c3nc4c([nH]3)CN(C(=O)NC3CCC3)C4)n[nH]c2c1. The zero-order chi connectivity index (χ0) is 22.5. The van der Waals surface area contributed by atoms with Crippen molar-refractivity contribution in [2.45, 2.75) is 51.7 Å². The van der Waals surface area contributed by atoms with Crippen LogP contribution in [0.25, 0.3) is 33.5 Å². The van der Waals surface area contributed by atoms with Crippen molar-refractivity contribution >= 4 is 16.9 Å². The zero-order valence-corrected chi connectivity index (χ0v) is 18.4. The number of aromatic nitrogens is 4. The van der Waals surface area contributed by atoms with Gasteiger partial charge in [0.15, 0.2) is 5.82 Å². The summed E-state index contributed by atoms with van der Waals surface area (Å²) in [5.74, 6) is 0.450. The number of carbonyl (C=O) groups is 1. The molecule has 2 amide bonds. The van der Waals surface area contributed by atoms with E-state index in [0.717, 1.165) is 63.9 Å². The maximum absolute atomic E-state index is 13.9. The Bertz CT molecular complexity index is 1350. The maximum atomic E-state index is 13.9. The molecule has 4 aromatic rings. The van der Waals surface area contributed by atoms with E-state index in [9.17, 15) is 9.18 Å². The minimum atomic E-state index is -0.242. The van der Waals surface area contributed by atoms with E-state index in [1.54, 1.807) is 11.0 Å². The molecule has 0 saturated heterocycles. The number of halogens is 1. The Morgan fingerprint density at radius 3 is 2.85 bits per heavy atom. The van der Waals surface area contributed by atoms with Crippen molar-refractivity contribution in [3.63, 3.8) is 0 Å². The van der Waals surface area contributed by atoms with E-state index in [2.05, 4.69) is 27.4 Å². The van der Waals surface area contributed by atoms with E-state index in [1.165, 1.54) is 12.5 Å². The predicted molar refractivity (Wildman–Crippen MR) is 124 cm³/mol. The number of amides is 2. The summed E-state index contributed by atoms with van der Waals surface area (Å²) < 4.78 is 13.9. The predicted octanol–water partition coefficient (Wildman–Crippen LogP) is 4.90. The summed E-state index contributed by atoms with van der Waals surface area (Å²) in [6.45, 7) is 3.08. The highest BCUT2D eigenvalue weighted by molar-refractivity contribution is 5.94. The van der Waals surface area contributed by atoms with Gasteiger partial charge in [0.05, 0.1) is 30.0 Å². The van der Waals surface area contributed by atoms with Gasteiger partial charge in [-0.25, -0.2) is 14.2 Å². The van der Waals surface area contributed by atoms with Crippen molar-refractivity contribution in [1.29, 1.82) is 0 Å². The van der Waals surface area contributed by atoms with Gasteiger partial charge in [0.2, 0.25) is 0 Å². The number of nitrogens with zero attached hydrogens (tertiary/aromatic N) is 3. The molecule has 0 unspecified atom stereocenters. The molecule has 6 rings (SSSR count). The highest BCUT2D eigenvalue weighted by Crippen LogP contribution is 2.32. The summed E-state index contributed by atoms with van der Waals surface area (Å²) in [7, 11) is 0. The van der Waals surface area contributed by atoms with Crippen molar-refractivity contribution in [3.8, 4) is 22.6 Å². The number of fused-ring (bicyclic) bond motifs is 2. The molecule has 0 atom stereocenters. The average Bonchev–Trinajstić information content (AvgIpc) is 3.48. The van der Waals surface area contributed by atoms with E-state index in [0.29, 0.717) is 25.0 Å². The fourth-order valence-electron chi connectivity index (χ4n) is 4.70. The molecule has 2 aromatic heterocycles. The van der Waals surface area contributed by atoms with E-state index >= 15 is 0 Å². The molecule has 8 heteroatoms. The number of hydrogen-bond donors (Lipinski definition) is 3. The molecule has 1 saturated carbocycles. The first-order chi connectivity index (χ1) is 16.1. The van der Waals surface area contributed by atoms with Crippen molar-refractivity contribution in [1.82, 2.24) is 30.4 Å². The van der Waals surface area contributed by atoms with Crippen LogP contribution >= 0.6 is 0 Å². The minimum Gasteiger partial charge on any atom is -0.339 e. The van der Waals surface area contributed by atoms with E-state index < -0.39 is 0 Å². The first-order valence-electron chi connectivity index (χ1n) is 11.5. The molecule has 1 fully saturated rings. The van der Waals surface area contributed by atoms with Crippen molar-refractivity contribution in [2.75, 3.05) is 0 Å². The number of aryl methyl sites for hydroxylation is 1. The fraction of sp³-hybridized carbons (Fsp3) is 0.320. The average molecular weight is 445 g/mol. The van der Waals surface area contributed by atoms with Crippen LogP contribution in [0.15, 0.2) is 36.4 Å². The third-order valence-electron chi connectivity index (χ3n) is 6.82. The molecule has 2 aromatic carbocycles. The Morgan fingerprint density at radius 1 is 1.21 bits per heavy atom. The van der Waals surface area contributed by atoms with Crippen LogP contribution in [-0.4, -0.2) is 37.1 Å². The first-order valence-corrected chi connectivity index (χ1v) is 11.5. The first kappa shape index (κ1) is 20.0. The number of imidazole rings is 1. The van der Waals surface area contributed by atoms with E-state index in [-0.39, 0.29) is 11.8 Å². The summed E-state index contributed by atoms with van der Waals surface area (Å²) in [5, 5.41) is 11.6. The molecule has 33 heavy (non-hydrogen) atoms. The van der Waals surface area contributed by atoms with E-state index in [4.69, 9.17) is 4.98 Å². The van der Waals surface area contributed by atoms with Crippen LogP contribution in [0.3, 0.4) is 0 Å². The third kappa shape index (κ3) is 3.46. The number of aromatic amines is 2. The summed E-state index contributed by atoms with van der Waals surface area (Å²) in [5.41, 5.74) is 6.39. The number of carbonyl (C=O) groups excluding carboxylic acids is 1. The molecule has 0 spiro atoms. The monoisotopic (exact) mass is 444 g/mol. The van der Waals surface area contributed by atoms with Crippen LogP contribution in [-0.2, 0) is 19.5 Å². The summed E-state index contributed by atoms with van der Waals surface area (Å²) in [6.07, 6.45) is 4.16. The zero-order valence-electron chi connectivity index (χ0n) is 18.4. The Kier molecular flexibility index (Phi) is 4.67.